The van der Waals surface area contributed by atoms with Gasteiger partial charge in [-0.1, -0.05) is 32.2 Å². The summed E-state index contributed by atoms with van der Waals surface area (Å²) < 4.78 is 3.84. The highest BCUT2D eigenvalue weighted by atomic mass is 32.1. The minimum absolute atomic E-state index is 0.0562. The van der Waals surface area contributed by atoms with Crippen molar-refractivity contribution >= 4 is 17.4 Å². The van der Waals surface area contributed by atoms with Crippen molar-refractivity contribution in [3.05, 3.63) is 10.6 Å². The van der Waals surface area contributed by atoms with Crippen molar-refractivity contribution in [2.45, 2.75) is 45.6 Å². The molecule has 1 rings (SSSR count). The predicted molar refractivity (Wildman–Crippen MR) is 67.2 cm³/mol. The summed E-state index contributed by atoms with van der Waals surface area (Å²) in [6.07, 6.45) is 0.694. The highest BCUT2D eigenvalue weighted by Gasteiger charge is 2.26. The van der Waals surface area contributed by atoms with E-state index in [-0.39, 0.29) is 24.0 Å². The van der Waals surface area contributed by atoms with Crippen LogP contribution in [0.15, 0.2) is 0 Å². The number of hydrogen-bond donors (Lipinski definition) is 2. The maximum absolute atomic E-state index is 12.0. The van der Waals surface area contributed by atoms with Gasteiger partial charge in [0.25, 0.3) is 5.91 Å². The lowest BCUT2D eigenvalue weighted by molar-refractivity contribution is 0.0916. The lowest BCUT2D eigenvalue weighted by Gasteiger charge is -2.18. The third-order valence-corrected chi connectivity index (χ3v) is 3.18. The van der Waals surface area contributed by atoms with E-state index in [1.54, 1.807) is 0 Å². The molecule has 0 unspecified atom stereocenters. The minimum atomic E-state index is -0.211. The van der Waals surface area contributed by atoms with Crippen LogP contribution in [-0.2, 0) is 5.41 Å². The zero-order valence-corrected chi connectivity index (χ0v) is 11.5. The molecular weight excluding hydrogens is 238 g/mol. The van der Waals surface area contributed by atoms with Crippen molar-refractivity contribution in [2.24, 2.45) is 0 Å². The van der Waals surface area contributed by atoms with Crippen molar-refractivity contribution in [1.29, 1.82) is 0 Å². The van der Waals surface area contributed by atoms with Crippen LogP contribution in [0.25, 0.3) is 0 Å². The number of carbonyl (C=O) groups is 1. The summed E-state index contributed by atoms with van der Waals surface area (Å²) in [4.78, 5) is 12.5. The molecule has 2 N–H and O–H groups in total. The van der Waals surface area contributed by atoms with Crippen molar-refractivity contribution in [1.82, 2.24) is 14.9 Å². The summed E-state index contributed by atoms with van der Waals surface area (Å²) in [5, 5.41) is 15.8. The Bertz CT molecular complexity index is 380. The predicted octanol–water partition coefficient (Wildman–Crippen LogP) is 1.34. The van der Waals surface area contributed by atoms with Gasteiger partial charge < -0.3 is 10.4 Å². The van der Waals surface area contributed by atoms with E-state index in [0.717, 1.165) is 11.5 Å². The van der Waals surface area contributed by atoms with Crippen LogP contribution in [0.1, 0.15) is 49.5 Å². The van der Waals surface area contributed by atoms with E-state index in [0.29, 0.717) is 17.0 Å². The summed E-state index contributed by atoms with van der Waals surface area (Å²) in [7, 11) is 0. The van der Waals surface area contributed by atoms with Crippen LogP contribution in [0, 0.1) is 0 Å². The van der Waals surface area contributed by atoms with Gasteiger partial charge in [-0.25, -0.2) is 0 Å². The lowest BCUT2D eigenvalue weighted by Crippen LogP contribution is -2.37. The number of rotatable bonds is 4. The Kier molecular flexibility index (Phi) is 4.59. The molecule has 1 amide bonds. The molecule has 0 aromatic carbocycles. The van der Waals surface area contributed by atoms with Crippen molar-refractivity contribution in [3.8, 4) is 0 Å². The van der Waals surface area contributed by atoms with E-state index < -0.39 is 0 Å². The number of aliphatic hydroxyl groups is 1. The van der Waals surface area contributed by atoms with Gasteiger partial charge in [0.05, 0.1) is 18.3 Å². The second kappa shape index (κ2) is 5.55. The Morgan fingerprint density at radius 1 is 1.53 bits per heavy atom. The van der Waals surface area contributed by atoms with E-state index in [1.807, 2.05) is 27.7 Å². The van der Waals surface area contributed by atoms with E-state index in [4.69, 9.17) is 5.11 Å². The molecule has 17 heavy (non-hydrogen) atoms. The number of nitrogens with one attached hydrogen (secondary N) is 1. The third-order valence-electron chi connectivity index (χ3n) is 2.45. The molecule has 0 fully saturated rings. The van der Waals surface area contributed by atoms with Gasteiger partial charge in [-0.2, -0.15) is 0 Å². The molecule has 0 saturated heterocycles. The van der Waals surface area contributed by atoms with Crippen LogP contribution in [-0.4, -0.2) is 33.2 Å². The molecule has 5 nitrogen and oxygen atoms in total. The summed E-state index contributed by atoms with van der Waals surface area (Å²) in [5.41, 5.74) is 0.494. The molecule has 0 aliphatic carbocycles. The summed E-state index contributed by atoms with van der Waals surface area (Å²) in [5.74, 6) is -0.203. The molecule has 1 aromatic rings. The van der Waals surface area contributed by atoms with Crippen LogP contribution in [0.3, 0.4) is 0 Å². The summed E-state index contributed by atoms with van der Waals surface area (Å²) >= 11 is 1.09. The Labute approximate surface area is 105 Å². The Morgan fingerprint density at radius 2 is 2.18 bits per heavy atom. The number of carbonyl (C=O) groups excluding carboxylic acids is 1. The molecule has 0 saturated carbocycles. The first-order chi connectivity index (χ1) is 7.90. The average molecular weight is 257 g/mol. The third kappa shape index (κ3) is 3.47. The van der Waals surface area contributed by atoms with E-state index >= 15 is 0 Å². The van der Waals surface area contributed by atoms with Crippen molar-refractivity contribution in [2.75, 3.05) is 6.61 Å². The molecule has 0 radical (unpaired) electrons. The van der Waals surface area contributed by atoms with Gasteiger partial charge in [0.15, 0.2) is 0 Å². The smallest absolute Gasteiger partial charge is 0.265 e. The fraction of sp³-hybridized carbons (Fsp3) is 0.727. The zero-order chi connectivity index (χ0) is 13.1. The van der Waals surface area contributed by atoms with Gasteiger partial charge in [-0.15, -0.1) is 5.10 Å². The summed E-state index contributed by atoms with van der Waals surface area (Å²) in [6.45, 7) is 7.83. The molecule has 0 aliphatic heterocycles. The van der Waals surface area contributed by atoms with Gasteiger partial charge in [-0.05, 0) is 18.0 Å². The van der Waals surface area contributed by atoms with Crippen LogP contribution < -0.4 is 5.32 Å². The molecular formula is C11H19N3O2S. The molecule has 0 spiro atoms. The molecule has 6 heteroatoms. The van der Waals surface area contributed by atoms with Crippen LogP contribution in [0.4, 0.5) is 0 Å². The van der Waals surface area contributed by atoms with Crippen molar-refractivity contribution < 1.29 is 9.90 Å². The average Bonchev–Trinajstić information content (AvgIpc) is 2.73. The van der Waals surface area contributed by atoms with E-state index in [1.165, 1.54) is 0 Å². The molecule has 1 heterocycles. The number of aromatic nitrogens is 2. The topological polar surface area (TPSA) is 75.1 Å². The largest absolute Gasteiger partial charge is 0.394 e. The van der Waals surface area contributed by atoms with E-state index in [2.05, 4.69) is 14.9 Å². The SMILES string of the molecule is CC[C@H](CO)NC(=O)c1snnc1C(C)(C)C. The maximum Gasteiger partial charge on any atom is 0.265 e. The lowest BCUT2D eigenvalue weighted by atomic mass is 9.91. The zero-order valence-electron chi connectivity index (χ0n) is 10.6. The standard InChI is InChI=1S/C11H19N3O2S/c1-5-7(6-15)12-10(16)8-9(11(2,3)4)13-14-17-8/h7,15H,5-6H2,1-4H3,(H,12,16)/t7-/m1/s1. The Hall–Kier alpha value is -1.01. The number of nitrogens with zero attached hydrogens (tertiary/aromatic N) is 2. The molecule has 1 atom stereocenters. The van der Waals surface area contributed by atoms with Crippen LogP contribution >= 0.6 is 11.5 Å². The number of hydrogen-bond acceptors (Lipinski definition) is 5. The Balaban J connectivity index is 2.87. The first-order valence-corrected chi connectivity index (χ1v) is 6.42. The second-order valence-corrected chi connectivity index (χ2v) is 5.72. The fourth-order valence-electron chi connectivity index (χ4n) is 1.36. The quantitative estimate of drug-likeness (QED) is 0.853. The molecule has 0 bridgehead atoms. The molecule has 96 valence electrons. The number of amides is 1. The van der Waals surface area contributed by atoms with Gasteiger partial charge >= 0.3 is 0 Å². The minimum Gasteiger partial charge on any atom is -0.394 e. The first-order valence-electron chi connectivity index (χ1n) is 5.64. The van der Waals surface area contributed by atoms with Gasteiger partial charge in [0.1, 0.15) is 4.88 Å². The number of aliphatic hydroxyl groups excluding tert-OH is 1. The maximum atomic E-state index is 12.0. The normalized spacial score (nSPS) is 13.5. The first kappa shape index (κ1) is 14.1. The second-order valence-electron chi connectivity index (χ2n) is 4.96. The van der Waals surface area contributed by atoms with Gasteiger partial charge in [-0.3, -0.25) is 4.79 Å². The van der Waals surface area contributed by atoms with Gasteiger partial charge in [0.2, 0.25) is 0 Å². The van der Waals surface area contributed by atoms with Gasteiger partial charge in [0, 0.05) is 5.41 Å². The van der Waals surface area contributed by atoms with Crippen LogP contribution in [0.5, 0.6) is 0 Å². The highest BCUT2D eigenvalue weighted by molar-refractivity contribution is 7.08. The highest BCUT2D eigenvalue weighted by Crippen LogP contribution is 2.25. The summed E-state index contributed by atoms with van der Waals surface area (Å²) in [6, 6.07) is -0.211. The van der Waals surface area contributed by atoms with E-state index in [9.17, 15) is 4.79 Å². The van der Waals surface area contributed by atoms with Crippen molar-refractivity contribution in [3.63, 3.8) is 0 Å². The fourth-order valence-corrected chi connectivity index (χ4v) is 2.14. The Morgan fingerprint density at radius 3 is 2.65 bits per heavy atom. The molecule has 1 aromatic heterocycles. The monoisotopic (exact) mass is 257 g/mol. The molecule has 0 aliphatic rings. The van der Waals surface area contributed by atoms with Crippen LogP contribution in [0.2, 0.25) is 0 Å².